The molecule has 0 fully saturated rings. The van der Waals surface area contributed by atoms with Gasteiger partial charge in [-0.3, -0.25) is 4.79 Å². The molecule has 0 bridgehead atoms. The minimum absolute atomic E-state index is 0.0530. The summed E-state index contributed by atoms with van der Waals surface area (Å²) in [6.45, 7) is 2.11. The van der Waals surface area contributed by atoms with Gasteiger partial charge in [-0.25, -0.2) is 0 Å². The van der Waals surface area contributed by atoms with E-state index in [1.807, 2.05) is 30.3 Å². The molecule has 2 nitrogen and oxygen atoms in total. The highest BCUT2D eigenvalue weighted by Crippen LogP contribution is 2.11. The molecule has 14 heavy (non-hydrogen) atoms. The second-order valence-corrected chi connectivity index (χ2v) is 3.08. The molecule has 0 heterocycles. The molecule has 0 aromatic heterocycles. The van der Waals surface area contributed by atoms with Gasteiger partial charge >= 0.3 is 0 Å². The molecule has 0 unspecified atom stereocenters. The highest BCUT2D eigenvalue weighted by Gasteiger charge is 1.97. The van der Waals surface area contributed by atoms with Gasteiger partial charge in [0.05, 0.1) is 6.61 Å². The minimum atomic E-state index is 0.0530. The summed E-state index contributed by atoms with van der Waals surface area (Å²) in [7, 11) is 1.66. The van der Waals surface area contributed by atoms with Crippen LogP contribution in [0.15, 0.2) is 30.3 Å². The summed E-state index contributed by atoms with van der Waals surface area (Å²) in [5, 5.41) is 0. The van der Waals surface area contributed by atoms with Gasteiger partial charge in [-0.15, -0.1) is 0 Å². The smallest absolute Gasteiger partial charge is 0.152 e. The Balaban J connectivity index is 2.89. The van der Waals surface area contributed by atoms with E-state index in [0.717, 1.165) is 11.1 Å². The maximum absolute atomic E-state index is 10.8. The molecule has 0 saturated heterocycles. The molecule has 0 amide bonds. The molecular weight excluding hydrogens is 176 g/mol. The van der Waals surface area contributed by atoms with Crippen molar-refractivity contribution >= 4 is 11.9 Å². The van der Waals surface area contributed by atoms with E-state index >= 15 is 0 Å². The lowest BCUT2D eigenvalue weighted by atomic mass is 10.1. The van der Waals surface area contributed by atoms with Crippen molar-refractivity contribution in [3.63, 3.8) is 0 Å². The van der Waals surface area contributed by atoms with E-state index < -0.39 is 0 Å². The highest BCUT2D eigenvalue weighted by atomic mass is 16.5. The van der Waals surface area contributed by atoms with Crippen molar-refractivity contribution in [3.8, 4) is 0 Å². The minimum Gasteiger partial charge on any atom is -0.380 e. The zero-order chi connectivity index (χ0) is 10.4. The van der Waals surface area contributed by atoms with Crippen molar-refractivity contribution in [3.05, 3.63) is 41.5 Å². The SMILES string of the molecule is COCc1ccccc1C=CC(C)=O. The summed E-state index contributed by atoms with van der Waals surface area (Å²) >= 11 is 0. The van der Waals surface area contributed by atoms with E-state index in [2.05, 4.69) is 0 Å². The van der Waals surface area contributed by atoms with Crippen LogP contribution in [0.2, 0.25) is 0 Å². The molecule has 0 aliphatic heterocycles. The third-order valence-electron chi connectivity index (χ3n) is 1.85. The zero-order valence-corrected chi connectivity index (χ0v) is 8.49. The Hall–Kier alpha value is -1.41. The van der Waals surface area contributed by atoms with Crippen LogP contribution in [0, 0.1) is 0 Å². The number of rotatable bonds is 4. The van der Waals surface area contributed by atoms with Gasteiger partial charge in [0.1, 0.15) is 0 Å². The van der Waals surface area contributed by atoms with Gasteiger partial charge < -0.3 is 4.74 Å². The maximum atomic E-state index is 10.8. The Bertz CT molecular complexity index is 340. The van der Waals surface area contributed by atoms with E-state index in [9.17, 15) is 4.79 Å². The molecular formula is C12H14O2. The predicted octanol–water partition coefficient (Wildman–Crippen LogP) is 2.44. The van der Waals surface area contributed by atoms with E-state index in [0.29, 0.717) is 6.61 Å². The van der Waals surface area contributed by atoms with Crippen molar-refractivity contribution in [1.82, 2.24) is 0 Å². The lowest BCUT2D eigenvalue weighted by molar-refractivity contribution is -0.112. The van der Waals surface area contributed by atoms with E-state index in [1.54, 1.807) is 13.2 Å². The summed E-state index contributed by atoms with van der Waals surface area (Å²) in [5.74, 6) is 0.0530. The van der Waals surface area contributed by atoms with Gasteiger partial charge in [-0.2, -0.15) is 0 Å². The van der Waals surface area contributed by atoms with Crippen LogP contribution in [0.5, 0.6) is 0 Å². The largest absolute Gasteiger partial charge is 0.380 e. The molecule has 1 aromatic carbocycles. The Morgan fingerprint density at radius 1 is 1.43 bits per heavy atom. The quantitative estimate of drug-likeness (QED) is 0.681. The van der Waals surface area contributed by atoms with Crippen molar-refractivity contribution < 1.29 is 9.53 Å². The van der Waals surface area contributed by atoms with Crippen LogP contribution < -0.4 is 0 Å². The number of hydrogen-bond acceptors (Lipinski definition) is 2. The summed E-state index contributed by atoms with van der Waals surface area (Å²) in [6.07, 6.45) is 3.38. The Morgan fingerprint density at radius 3 is 2.79 bits per heavy atom. The molecule has 0 saturated carbocycles. The molecule has 0 aliphatic rings. The third-order valence-corrected chi connectivity index (χ3v) is 1.85. The molecule has 0 aliphatic carbocycles. The molecule has 1 aromatic rings. The van der Waals surface area contributed by atoms with Crippen LogP contribution >= 0.6 is 0 Å². The first kappa shape index (κ1) is 10.7. The van der Waals surface area contributed by atoms with Crippen molar-refractivity contribution in [2.75, 3.05) is 7.11 Å². The molecule has 2 heteroatoms. The second kappa shape index (κ2) is 5.35. The van der Waals surface area contributed by atoms with Crippen LogP contribution in [0.1, 0.15) is 18.1 Å². The second-order valence-electron chi connectivity index (χ2n) is 3.08. The molecule has 0 radical (unpaired) electrons. The van der Waals surface area contributed by atoms with Crippen molar-refractivity contribution in [2.45, 2.75) is 13.5 Å². The standard InChI is InChI=1S/C12H14O2/c1-10(13)7-8-11-5-3-4-6-12(11)9-14-2/h3-8H,9H2,1-2H3. The van der Waals surface area contributed by atoms with Crippen LogP contribution in [0.4, 0.5) is 0 Å². The predicted molar refractivity (Wildman–Crippen MR) is 56.9 cm³/mol. The molecule has 74 valence electrons. The van der Waals surface area contributed by atoms with Crippen molar-refractivity contribution in [2.24, 2.45) is 0 Å². The number of allylic oxidation sites excluding steroid dienone is 1. The number of benzene rings is 1. The average Bonchev–Trinajstić information content (AvgIpc) is 2.17. The molecule has 0 N–H and O–H groups in total. The highest BCUT2D eigenvalue weighted by molar-refractivity contribution is 5.91. The van der Waals surface area contributed by atoms with Crippen LogP contribution in [0.3, 0.4) is 0 Å². The Kier molecular flexibility index (Phi) is 4.08. The summed E-state index contributed by atoms with van der Waals surface area (Å²) < 4.78 is 5.06. The van der Waals surface area contributed by atoms with Gasteiger partial charge in [0, 0.05) is 7.11 Å². The van der Waals surface area contributed by atoms with Gasteiger partial charge in [0.15, 0.2) is 5.78 Å². The van der Waals surface area contributed by atoms with E-state index in [-0.39, 0.29) is 5.78 Å². The maximum Gasteiger partial charge on any atom is 0.152 e. The number of methoxy groups -OCH3 is 1. The number of carbonyl (C=O) groups is 1. The lowest BCUT2D eigenvalue weighted by Crippen LogP contribution is -1.91. The van der Waals surface area contributed by atoms with E-state index in [4.69, 9.17) is 4.74 Å². The summed E-state index contributed by atoms with van der Waals surface area (Å²) in [5.41, 5.74) is 2.12. The van der Waals surface area contributed by atoms with Crippen LogP contribution in [-0.2, 0) is 16.1 Å². The average molecular weight is 190 g/mol. The lowest BCUT2D eigenvalue weighted by Gasteiger charge is -2.03. The fraction of sp³-hybridized carbons (Fsp3) is 0.250. The van der Waals surface area contributed by atoms with Gasteiger partial charge in [-0.05, 0) is 24.1 Å². The fourth-order valence-electron chi connectivity index (χ4n) is 1.19. The first-order chi connectivity index (χ1) is 6.74. The number of ether oxygens (including phenoxy) is 1. The van der Waals surface area contributed by atoms with Crippen LogP contribution in [-0.4, -0.2) is 12.9 Å². The van der Waals surface area contributed by atoms with Gasteiger partial charge in [-0.1, -0.05) is 30.3 Å². The number of hydrogen-bond donors (Lipinski definition) is 0. The summed E-state index contributed by atoms with van der Waals surface area (Å²) in [4.78, 5) is 10.8. The summed E-state index contributed by atoms with van der Waals surface area (Å²) in [6, 6.07) is 7.86. The Morgan fingerprint density at radius 2 is 2.14 bits per heavy atom. The first-order valence-electron chi connectivity index (χ1n) is 4.49. The fourth-order valence-corrected chi connectivity index (χ4v) is 1.19. The van der Waals surface area contributed by atoms with E-state index in [1.165, 1.54) is 6.92 Å². The topological polar surface area (TPSA) is 26.3 Å². The third kappa shape index (κ3) is 3.15. The molecule has 0 spiro atoms. The molecule has 1 rings (SSSR count). The van der Waals surface area contributed by atoms with Crippen LogP contribution in [0.25, 0.3) is 6.08 Å². The normalized spacial score (nSPS) is 10.7. The monoisotopic (exact) mass is 190 g/mol. The zero-order valence-electron chi connectivity index (χ0n) is 8.49. The first-order valence-corrected chi connectivity index (χ1v) is 4.49. The van der Waals surface area contributed by atoms with Gasteiger partial charge in [0.2, 0.25) is 0 Å². The number of ketones is 1. The Labute approximate surface area is 84.2 Å². The molecule has 0 atom stereocenters. The number of carbonyl (C=O) groups excluding carboxylic acids is 1. The van der Waals surface area contributed by atoms with Crippen molar-refractivity contribution in [1.29, 1.82) is 0 Å². The van der Waals surface area contributed by atoms with Gasteiger partial charge in [0.25, 0.3) is 0 Å².